The molecule has 0 aromatic carbocycles. The fourth-order valence-electron chi connectivity index (χ4n) is 2.29. The first-order chi connectivity index (χ1) is 9.19. The topological polar surface area (TPSA) is 169 Å². The fourth-order valence-corrected chi connectivity index (χ4v) is 2.80. The quantitative estimate of drug-likeness (QED) is 0.226. The number of aliphatic hydroxyl groups is 5. The van der Waals surface area contributed by atoms with E-state index in [1.54, 1.807) is 0 Å². The predicted molar refractivity (Wildman–Crippen MR) is 63.1 cm³/mol. The Bertz CT molecular complexity index is 402. The molecule has 0 aromatic heterocycles. The summed E-state index contributed by atoms with van der Waals surface area (Å²) in [6, 6.07) is -0.746. The van der Waals surface area contributed by atoms with Gasteiger partial charge < -0.3 is 30.4 Å². The second kappa shape index (κ2) is 7.06. The Kier molecular flexibility index (Phi) is 6.25. The molecule has 1 fully saturated rings. The molecule has 1 saturated heterocycles. The van der Waals surface area contributed by atoms with E-state index in [1.807, 2.05) is 0 Å². The van der Waals surface area contributed by atoms with Gasteiger partial charge in [-0.2, -0.15) is 8.42 Å². The fraction of sp³-hybridized carbons (Fsp3) is 1.00. The lowest BCUT2D eigenvalue weighted by Gasteiger charge is -2.26. The zero-order chi connectivity index (χ0) is 15.5. The Hall–Kier alpha value is -0.370. The SMILES string of the molecule is O=S(=O)(O)O[C@H](CO)[C@H](O)C[NH+]1C[C@@H](O)[C@H](O)[C@H]1CO. The highest BCUT2D eigenvalue weighted by molar-refractivity contribution is 7.80. The van der Waals surface area contributed by atoms with Crippen LogP contribution in [-0.2, 0) is 14.6 Å². The third-order valence-corrected chi connectivity index (χ3v) is 3.81. The van der Waals surface area contributed by atoms with Crippen molar-refractivity contribution in [1.82, 2.24) is 0 Å². The van der Waals surface area contributed by atoms with Crippen LogP contribution in [0.2, 0.25) is 0 Å². The number of nitrogens with one attached hydrogen (secondary N) is 1. The van der Waals surface area contributed by atoms with Crippen LogP contribution in [0.5, 0.6) is 0 Å². The summed E-state index contributed by atoms with van der Waals surface area (Å²) in [5.41, 5.74) is 0. The van der Waals surface area contributed by atoms with Gasteiger partial charge in [-0.25, -0.2) is 4.18 Å². The Labute approximate surface area is 115 Å². The molecule has 0 bridgehead atoms. The molecule has 0 aliphatic carbocycles. The number of aliphatic hydroxyl groups excluding tert-OH is 5. The zero-order valence-electron chi connectivity index (χ0n) is 10.5. The van der Waals surface area contributed by atoms with Crippen LogP contribution in [-0.4, -0.2) is 95.3 Å². The van der Waals surface area contributed by atoms with Gasteiger partial charge in [0, 0.05) is 0 Å². The largest absolute Gasteiger partial charge is 0.397 e. The van der Waals surface area contributed by atoms with E-state index in [0.29, 0.717) is 4.90 Å². The van der Waals surface area contributed by atoms with Crippen molar-refractivity contribution in [2.75, 3.05) is 26.3 Å². The lowest BCUT2D eigenvalue weighted by molar-refractivity contribution is -0.918. The highest BCUT2D eigenvalue weighted by Gasteiger charge is 2.45. The molecule has 1 unspecified atom stereocenters. The van der Waals surface area contributed by atoms with E-state index in [4.69, 9.17) is 14.8 Å². The molecule has 1 heterocycles. The van der Waals surface area contributed by atoms with E-state index in [-0.39, 0.29) is 13.1 Å². The third-order valence-electron chi connectivity index (χ3n) is 3.32. The van der Waals surface area contributed by atoms with Crippen LogP contribution < -0.4 is 4.90 Å². The summed E-state index contributed by atoms with van der Waals surface area (Å²) >= 11 is 0. The van der Waals surface area contributed by atoms with E-state index in [2.05, 4.69) is 4.18 Å². The maximum Gasteiger partial charge on any atom is 0.397 e. The number of rotatable bonds is 7. The van der Waals surface area contributed by atoms with Crippen molar-refractivity contribution in [3.8, 4) is 0 Å². The summed E-state index contributed by atoms with van der Waals surface area (Å²) in [4.78, 5) is 0.428. The second-order valence-electron chi connectivity index (χ2n) is 4.73. The highest BCUT2D eigenvalue weighted by Crippen LogP contribution is 2.06. The van der Waals surface area contributed by atoms with Crippen LogP contribution in [0.25, 0.3) is 0 Å². The van der Waals surface area contributed by atoms with Crippen molar-refractivity contribution in [1.29, 1.82) is 0 Å². The summed E-state index contributed by atoms with van der Waals surface area (Å²) in [6.45, 7) is -1.46. The van der Waals surface area contributed by atoms with E-state index in [0.717, 1.165) is 0 Å². The Balaban J connectivity index is 2.66. The summed E-state index contributed by atoms with van der Waals surface area (Å²) in [5, 5.41) is 46.9. The molecule has 10 nitrogen and oxygen atoms in total. The van der Waals surface area contributed by atoms with Gasteiger partial charge in [0.1, 0.15) is 43.5 Å². The van der Waals surface area contributed by atoms with Crippen LogP contribution in [0, 0.1) is 0 Å². The van der Waals surface area contributed by atoms with Gasteiger partial charge in [-0.3, -0.25) is 4.55 Å². The first kappa shape index (κ1) is 17.7. The molecule has 20 heavy (non-hydrogen) atoms. The summed E-state index contributed by atoms with van der Waals surface area (Å²) < 4.78 is 33.7. The van der Waals surface area contributed by atoms with E-state index in [9.17, 15) is 23.7 Å². The van der Waals surface area contributed by atoms with Crippen molar-refractivity contribution in [2.45, 2.75) is 30.5 Å². The van der Waals surface area contributed by atoms with Gasteiger partial charge in [-0.1, -0.05) is 0 Å². The van der Waals surface area contributed by atoms with Crippen LogP contribution in [0.4, 0.5) is 0 Å². The van der Waals surface area contributed by atoms with Crippen LogP contribution in [0.15, 0.2) is 0 Å². The number of hydrogen-bond acceptors (Lipinski definition) is 8. The third kappa shape index (κ3) is 4.58. The summed E-state index contributed by atoms with van der Waals surface area (Å²) in [5.74, 6) is 0. The van der Waals surface area contributed by atoms with E-state index in [1.165, 1.54) is 0 Å². The molecule has 1 aliphatic heterocycles. The normalized spacial score (nSPS) is 34.1. The van der Waals surface area contributed by atoms with Crippen LogP contribution in [0.1, 0.15) is 0 Å². The molecule has 1 rings (SSSR count). The maximum absolute atomic E-state index is 10.6. The van der Waals surface area contributed by atoms with Crippen molar-refractivity contribution >= 4 is 10.4 Å². The van der Waals surface area contributed by atoms with E-state index < -0.39 is 54.1 Å². The summed E-state index contributed by atoms with van der Waals surface area (Å²) in [7, 11) is -4.83. The van der Waals surface area contributed by atoms with Gasteiger partial charge in [0.25, 0.3) is 0 Å². The smallest absolute Gasteiger partial charge is 0.394 e. The van der Waals surface area contributed by atoms with Crippen LogP contribution in [0.3, 0.4) is 0 Å². The molecule has 0 aromatic rings. The molecule has 1 aliphatic rings. The van der Waals surface area contributed by atoms with Crippen LogP contribution >= 0.6 is 0 Å². The minimum atomic E-state index is -4.83. The molecule has 6 atom stereocenters. The lowest BCUT2D eigenvalue weighted by Crippen LogP contribution is -3.16. The monoisotopic (exact) mass is 318 g/mol. The standard InChI is InChI=1S/C9H19NO9S/c11-3-5-9(15)7(14)2-10(5)1-6(13)8(4-12)19-20(16,17)18/h5-9,11-15H,1-4H2,(H,16,17,18)/p+1/t5-,6-,7-,8-,9-/m1/s1. The minimum Gasteiger partial charge on any atom is -0.394 e. The average molecular weight is 318 g/mol. The van der Waals surface area contributed by atoms with Crippen molar-refractivity contribution in [2.24, 2.45) is 0 Å². The van der Waals surface area contributed by atoms with Gasteiger partial charge in [-0.15, -0.1) is 0 Å². The second-order valence-corrected chi connectivity index (χ2v) is 5.77. The van der Waals surface area contributed by atoms with Crippen molar-refractivity contribution in [3.05, 3.63) is 0 Å². The Morgan fingerprint density at radius 3 is 2.35 bits per heavy atom. The average Bonchev–Trinajstić information content (AvgIpc) is 2.60. The molecule has 120 valence electrons. The van der Waals surface area contributed by atoms with Gasteiger partial charge in [0.2, 0.25) is 0 Å². The molecule has 0 saturated carbocycles. The van der Waals surface area contributed by atoms with Crippen molar-refractivity contribution in [3.63, 3.8) is 0 Å². The first-order valence-corrected chi connectivity index (χ1v) is 7.32. The zero-order valence-corrected chi connectivity index (χ0v) is 11.3. The molecule has 0 spiro atoms. The minimum absolute atomic E-state index is 0.0352. The number of likely N-dealkylation sites (tertiary alicyclic amines) is 1. The molecular weight excluding hydrogens is 298 g/mol. The number of hydrogen-bond donors (Lipinski definition) is 7. The summed E-state index contributed by atoms with van der Waals surface area (Å²) in [6.07, 6.45) is -5.31. The predicted octanol–water partition coefficient (Wildman–Crippen LogP) is -5.49. The maximum atomic E-state index is 10.6. The first-order valence-electron chi connectivity index (χ1n) is 5.95. The molecule has 7 N–H and O–H groups in total. The van der Waals surface area contributed by atoms with Gasteiger partial charge >= 0.3 is 10.4 Å². The molecular formula is C9H20NO9S+. The molecule has 0 radical (unpaired) electrons. The lowest BCUT2D eigenvalue weighted by atomic mass is 10.1. The van der Waals surface area contributed by atoms with E-state index >= 15 is 0 Å². The Morgan fingerprint density at radius 1 is 1.30 bits per heavy atom. The number of quaternary nitrogens is 1. The van der Waals surface area contributed by atoms with Gasteiger partial charge in [-0.05, 0) is 0 Å². The van der Waals surface area contributed by atoms with Gasteiger partial charge in [0.05, 0.1) is 13.2 Å². The molecule has 0 amide bonds. The Morgan fingerprint density at radius 2 is 1.90 bits per heavy atom. The van der Waals surface area contributed by atoms with Crippen molar-refractivity contribution < 1.29 is 47.6 Å². The highest BCUT2D eigenvalue weighted by atomic mass is 32.3. The molecule has 11 heteroatoms. The van der Waals surface area contributed by atoms with Gasteiger partial charge in [0.15, 0.2) is 0 Å².